The van der Waals surface area contributed by atoms with Gasteiger partial charge in [0.15, 0.2) is 0 Å². The molecule has 0 radical (unpaired) electrons. The van der Waals surface area contributed by atoms with Crippen LogP contribution in [0.3, 0.4) is 0 Å². The van der Waals surface area contributed by atoms with Gasteiger partial charge in [-0.3, -0.25) is 9.59 Å². The van der Waals surface area contributed by atoms with Gasteiger partial charge >= 0.3 is 0 Å². The van der Waals surface area contributed by atoms with E-state index in [-0.39, 0.29) is 11.6 Å². The van der Waals surface area contributed by atoms with Gasteiger partial charge < -0.3 is 10.6 Å². The molecule has 0 spiro atoms. The van der Waals surface area contributed by atoms with Crippen molar-refractivity contribution in [2.24, 2.45) is 0 Å². The lowest BCUT2D eigenvalue weighted by Crippen LogP contribution is -2.30. The van der Waals surface area contributed by atoms with Crippen molar-refractivity contribution < 1.29 is 9.59 Å². The van der Waals surface area contributed by atoms with Gasteiger partial charge in [-0.1, -0.05) is 61.7 Å². The van der Waals surface area contributed by atoms with Crippen molar-refractivity contribution in [1.29, 1.82) is 0 Å². The zero-order valence-electron chi connectivity index (χ0n) is 15.6. The van der Waals surface area contributed by atoms with Gasteiger partial charge in [0, 0.05) is 20.2 Å². The molecule has 0 unspecified atom stereocenters. The summed E-state index contributed by atoms with van der Waals surface area (Å²) < 4.78 is 1.84. The van der Waals surface area contributed by atoms with Crippen molar-refractivity contribution in [3.05, 3.63) is 104 Å². The van der Waals surface area contributed by atoms with E-state index in [2.05, 4.69) is 42.5 Å². The summed E-state index contributed by atoms with van der Waals surface area (Å²) in [4.78, 5) is 25.5. The molecule has 0 bridgehead atoms. The Hall–Kier alpha value is -2.70. The van der Waals surface area contributed by atoms with E-state index >= 15 is 0 Å². The minimum Gasteiger partial charge on any atom is -0.321 e. The summed E-state index contributed by atoms with van der Waals surface area (Å²) in [6, 6.07) is 21.9. The lowest BCUT2D eigenvalue weighted by molar-refractivity contribution is -0.113. The van der Waals surface area contributed by atoms with Crippen LogP contribution in [0.15, 0.2) is 87.4 Å². The molecule has 0 heterocycles. The first-order valence-corrected chi connectivity index (χ1v) is 10.4. The van der Waals surface area contributed by atoms with E-state index in [1.807, 2.05) is 55.5 Å². The van der Waals surface area contributed by atoms with E-state index in [0.29, 0.717) is 11.3 Å². The maximum atomic E-state index is 12.9. The summed E-state index contributed by atoms with van der Waals surface area (Å²) in [6.45, 7) is 1.95. The van der Waals surface area contributed by atoms with Gasteiger partial charge in [0.2, 0.25) is 0 Å². The molecule has 2 amide bonds. The monoisotopic (exact) mass is 512 g/mol. The van der Waals surface area contributed by atoms with Crippen molar-refractivity contribution in [2.45, 2.75) is 6.92 Å². The molecule has 0 aliphatic rings. The van der Waals surface area contributed by atoms with Gasteiger partial charge in [0.1, 0.15) is 5.70 Å². The normalized spacial score (nSPS) is 11.1. The number of carbonyl (C=O) groups excluding carboxylic acids is 2. The Morgan fingerprint density at radius 1 is 0.793 bits per heavy atom. The molecular formula is C23H18Br2N2O2. The van der Waals surface area contributed by atoms with E-state index < -0.39 is 5.91 Å². The highest BCUT2D eigenvalue weighted by Gasteiger charge is 2.15. The average Bonchev–Trinajstić information content (AvgIpc) is 2.71. The molecule has 4 nitrogen and oxygen atoms in total. The molecule has 29 heavy (non-hydrogen) atoms. The highest BCUT2D eigenvalue weighted by molar-refractivity contribution is 9.10. The van der Waals surface area contributed by atoms with Crippen molar-refractivity contribution in [3.8, 4) is 0 Å². The SMILES string of the molecule is Cc1ccc(C(=O)N/C(=C\c2ccc(Br)cc2)C(=O)Nc2ccc(Br)cc2)cc1. The zero-order valence-corrected chi connectivity index (χ0v) is 18.7. The van der Waals surface area contributed by atoms with Gasteiger partial charge in [0.25, 0.3) is 11.8 Å². The second kappa shape index (κ2) is 9.67. The van der Waals surface area contributed by atoms with Crippen LogP contribution in [-0.2, 0) is 4.79 Å². The van der Waals surface area contributed by atoms with E-state index in [1.54, 1.807) is 30.3 Å². The number of hydrogen-bond donors (Lipinski definition) is 2. The maximum Gasteiger partial charge on any atom is 0.272 e. The molecule has 0 aromatic heterocycles. The molecule has 0 aliphatic heterocycles. The van der Waals surface area contributed by atoms with Crippen LogP contribution in [-0.4, -0.2) is 11.8 Å². The predicted octanol–water partition coefficient (Wildman–Crippen LogP) is 5.93. The molecule has 0 atom stereocenters. The second-order valence-corrected chi connectivity index (χ2v) is 8.22. The molecule has 0 fully saturated rings. The van der Waals surface area contributed by atoms with Gasteiger partial charge in [-0.15, -0.1) is 0 Å². The first-order valence-electron chi connectivity index (χ1n) is 8.83. The Balaban J connectivity index is 1.86. The standard InChI is InChI=1S/C23H18Br2N2O2/c1-15-2-6-17(7-3-15)22(28)27-21(14-16-4-8-18(24)9-5-16)23(29)26-20-12-10-19(25)11-13-20/h2-14H,1H3,(H,26,29)(H,27,28)/b21-14-. The molecular weight excluding hydrogens is 496 g/mol. The summed E-state index contributed by atoms with van der Waals surface area (Å²) in [7, 11) is 0. The summed E-state index contributed by atoms with van der Waals surface area (Å²) in [5, 5.41) is 5.55. The fourth-order valence-electron chi connectivity index (χ4n) is 2.52. The van der Waals surface area contributed by atoms with E-state index in [1.165, 1.54) is 0 Å². The number of hydrogen-bond acceptors (Lipinski definition) is 2. The lowest BCUT2D eigenvalue weighted by Gasteiger charge is -2.12. The summed E-state index contributed by atoms with van der Waals surface area (Å²) in [6.07, 6.45) is 1.65. The van der Waals surface area contributed by atoms with Crippen LogP contribution in [0.25, 0.3) is 6.08 Å². The van der Waals surface area contributed by atoms with E-state index in [4.69, 9.17) is 0 Å². The highest BCUT2D eigenvalue weighted by Crippen LogP contribution is 2.17. The van der Waals surface area contributed by atoms with Crippen molar-refractivity contribution in [3.63, 3.8) is 0 Å². The molecule has 3 rings (SSSR count). The number of amides is 2. The Bertz CT molecular complexity index is 1040. The number of halogens is 2. The number of benzene rings is 3. The topological polar surface area (TPSA) is 58.2 Å². The predicted molar refractivity (Wildman–Crippen MR) is 124 cm³/mol. The van der Waals surface area contributed by atoms with Crippen LogP contribution in [0.1, 0.15) is 21.5 Å². The van der Waals surface area contributed by atoms with Crippen LogP contribution in [0, 0.1) is 6.92 Å². The smallest absolute Gasteiger partial charge is 0.272 e. The Labute approximate surface area is 186 Å². The number of aryl methyl sites for hydroxylation is 1. The van der Waals surface area contributed by atoms with Crippen LogP contribution in [0.2, 0.25) is 0 Å². The second-order valence-electron chi connectivity index (χ2n) is 6.39. The summed E-state index contributed by atoms with van der Waals surface area (Å²) in [5.74, 6) is -0.755. The van der Waals surface area contributed by atoms with Gasteiger partial charge in [-0.25, -0.2) is 0 Å². The van der Waals surface area contributed by atoms with E-state index in [9.17, 15) is 9.59 Å². The van der Waals surface area contributed by atoms with Crippen molar-refractivity contribution >= 4 is 55.4 Å². The summed E-state index contributed by atoms with van der Waals surface area (Å²) in [5.41, 5.74) is 3.11. The number of anilines is 1. The molecule has 3 aromatic rings. The molecule has 0 saturated carbocycles. The van der Waals surface area contributed by atoms with Crippen LogP contribution in [0.5, 0.6) is 0 Å². The van der Waals surface area contributed by atoms with Crippen LogP contribution in [0.4, 0.5) is 5.69 Å². The Kier molecular flexibility index (Phi) is 7.01. The zero-order chi connectivity index (χ0) is 20.8. The van der Waals surface area contributed by atoms with Gasteiger partial charge in [0.05, 0.1) is 0 Å². The van der Waals surface area contributed by atoms with Crippen molar-refractivity contribution in [2.75, 3.05) is 5.32 Å². The van der Waals surface area contributed by atoms with E-state index in [0.717, 1.165) is 20.1 Å². The van der Waals surface area contributed by atoms with Crippen LogP contribution < -0.4 is 10.6 Å². The van der Waals surface area contributed by atoms with Crippen LogP contribution >= 0.6 is 31.9 Å². The third-order valence-corrected chi connectivity index (χ3v) is 5.15. The largest absolute Gasteiger partial charge is 0.321 e. The fraction of sp³-hybridized carbons (Fsp3) is 0.0435. The minimum atomic E-state index is -0.407. The van der Waals surface area contributed by atoms with Gasteiger partial charge in [-0.2, -0.15) is 0 Å². The summed E-state index contributed by atoms with van der Waals surface area (Å²) >= 11 is 6.76. The first-order chi connectivity index (χ1) is 13.9. The first kappa shape index (κ1) is 21.0. The van der Waals surface area contributed by atoms with Crippen molar-refractivity contribution in [1.82, 2.24) is 5.32 Å². The Morgan fingerprint density at radius 2 is 1.34 bits per heavy atom. The third kappa shape index (κ3) is 6.14. The molecule has 0 aliphatic carbocycles. The molecule has 0 saturated heterocycles. The molecule has 3 aromatic carbocycles. The number of nitrogens with one attached hydrogen (secondary N) is 2. The number of rotatable bonds is 5. The fourth-order valence-corrected chi connectivity index (χ4v) is 3.04. The highest BCUT2D eigenvalue weighted by atomic mass is 79.9. The minimum absolute atomic E-state index is 0.154. The van der Waals surface area contributed by atoms with Gasteiger partial charge in [-0.05, 0) is 67.1 Å². The average molecular weight is 514 g/mol. The molecule has 2 N–H and O–H groups in total. The molecule has 146 valence electrons. The Morgan fingerprint density at radius 3 is 1.93 bits per heavy atom. The lowest BCUT2D eigenvalue weighted by atomic mass is 10.1. The number of carbonyl (C=O) groups is 2. The quantitative estimate of drug-likeness (QED) is 0.415. The third-order valence-electron chi connectivity index (χ3n) is 4.09. The maximum absolute atomic E-state index is 12.9. The molecule has 6 heteroatoms.